The van der Waals surface area contributed by atoms with Crippen molar-refractivity contribution in [1.29, 1.82) is 0 Å². The SMILES string of the molecule is O=C(C1NNC2c3ccccc3OCC12)N1CCN(c2ccccn2)CC1. The van der Waals surface area contributed by atoms with E-state index >= 15 is 0 Å². The Balaban J connectivity index is 1.25. The molecule has 3 atom stereocenters. The van der Waals surface area contributed by atoms with Crippen LogP contribution in [-0.4, -0.2) is 54.6 Å². The van der Waals surface area contributed by atoms with Crippen molar-refractivity contribution >= 4 is 11.7 Å². The molecule has 7 heteroatoms. The number of piperazine rings is 1. The summed E-state index contributed by atoms with van der Waals surface area (Å²) in [6.07, 6.45) is 1.81. The molecule has 0 bridgehead atoms. The second-order valence-corrected chi connectivity index (χ2v) is 7.26. The summed E-state index contributed by atoms with van der Waals surface area (Å²) < 4.78 is 5.91. The second-order valence-electron chi connectivity index (χ2n) is 7.26. The minimum Gasteiger partial charge on any atom is -0.493 e. The van der Waals surface area contributed by atoms with Gasteiger partial charge in [0.25, 0.3) is 0 Å². The highest BCUT2D eigenvalue weighted by Gasteiger charge is 2.46. The second kappa shape index (κ2) is 6.83. The van der Waals surface area contributed by atoms with E-state index in [2.05, 4.69) is 26.8 Å². The maximum absolute atomic E-state index is 13.1. The molecule has 1 aromatic heterocycles. The molecule has 140 valence electrons. The van der Waals surface area contributed by atoms with E-state index in [1.54, 1.807) is 0 Å². The molecule has 2 aromatic rings. The molecule has 2 N–H and O–H groups in total. The topological polar surface area (TPSA) is 69.7 Å². The van der Waals surface area contributed by atoms with Crippen molar-refractivity contribution in [2.75, 3.05) is 37.7 Å². The van der Waals surface area contributed by atoms with E-state index in [1.165, 1.54) is 0 Å². The van der Waals surface area contributed by atoms with Gasteiger partial charge in [0.15, 0.2) is 0 Å². The summed E-state index contributed by atoms with van der Waals surface area (Å²) in [5, 5.41) is 0. The lowest BCUT2D eigenvalue weighted by Crippen LogP contribution is -2.55. The Morgan fingerprint density at radius 1 is 1.04 bits per heavy atom. The summed E-state index contributed by atoms with van der Waals surface area (Å²) in [7, 11) is 0. The van der Waals surface area contributed by atoms with Gasteiger partial charge in [-0.25, -0.2) is 15.8 Å². The lowest BCUT2D eigenvalue weighted by Gasteiger charge is -2.37. The van der Waals surface area contributed by atoms with Crippen molar-refractivity contribution in [3.8, 4) is 5.75 Å². The number of fused-ring (bicyclic) bond motifs is 3. The van der Waals surface area contributed by atoms with Gasteiger partial charge in [0.05, 0.1) is 12.6 Å². The zero-order valence-electron chi connectivity index (χ0n) is 15.0. The molecule has 2 fully saturated rings. The predicted molar refractivity (Wildman–Crippen MR) is 101 cm³/mol. The number of nitrogens with one attached hydrogen (secondary N) is 2. The van der Waals surface area contributed by atoms with E-state index in [9.17, 15) is 4.79 Å². The van der Waals surface area contributed by atoms with Gasteiger partial charge in [-0.3, -0.25) is 4.79 Å². The van der Waals surface area contributed by atoms with E-state index in [0.717, 1.165) is 30.2 Å². The molecule has 1 amide bonds. The lowest BCUT2D eigenvalue weighted by molar-refractivity contribution is -0.134. The maximum atomic E-state index is 13.1. The van der Waals surface area contributed by atoms with Gasteiger partial charge in [0.1, 0.15) is 17.6 Å². The lowest BCUT2D eigenvalue weighted by atomic mass is 9.87. The third-order valence-electron chi connectivity index (χ3n) is 5.77. The summed E-state index contributed by atoms with van der Waals surface area (Å²) >= 11 is 0. The van der Waals surface area contributed by atoms with Crippen LogP contribution in [0.2, 0.25) is 0 Å². The third-order valence-corrected chi connectivity index (χ3v) is 5.77. The van der Waals surface area contributed by atoms with Gasteiger partial charge in [-0.05, 0) is 18.2 Å². The molecule has 0 saturated carbocycles. The van der Waals surface area contributed by atoms with E-state index in [1.807, 2.05) is 47.5 Å². The molecule has 4 heterocycles. The predicted octanol–water partition coefficient (Wildman–Crippen LogP) is 0.956. The van der Waals surface area contributed by atoms with Gasteiger partial charge < -0.3 is 14.5 Å². The van der Waals surface area contributed by atoms with Crippen LogP contribution >= 0.6 is 0 Å². The molecule has 27 heavy (non-hydrogen) atoms. The molecule has 0 radical (unpaired) electrons. The molecule has 3 aliphatic heterocycles. The number of carbonyl (C=O) groups excluding carboxylic acids is 1. The quantitative estimate of drug-likeness (QED) is 0.826. The summed E-state index contributed by atoms with van der Waals surface area (Å²) in [6.45, 7) is 3.57. The van der Waals surface area contributed by atoms with Gasteiger partial charge in [-0.15, -0.1) is 0 Å². The number of para-hydroxylation sites is 1. The van der Waals surface area contributed by atoms with Crippen molar-refractivity contribution < 1.29 is 9.53 Å². The Kier molecular flexibility index (Phi) is 4.18. The van der Waals surface area contributed by atoms with Crippen LogP contribution in [0.15, 0.2) is 48.7 Å². The monoisotopic (exact) mass is 365 g/mol. The number of amides is 1. The molecule has 3 unspecified atom stereocenters. The van der Waals surface area contributed by atoms with E-state index in [4.69, 9.17) is 4.74 Å². The van der Waals surface area contributed by atoms with E-state index in [-0.39, 0.29) is 23.9 Å². The standard InChI is InChI=1S/C20H23N5O2/c26-20(25-11-9-24(10-12-25)17-7-3-4-8-21-17)19-15-13-27-16-6-2-1-5-14(16)18(15)22-23-19/h1-8,15,18-19,22-23H,9-13H2. The van der Waals surface area contributed by atoms with Gasteiger partial charge in [-0.1, -0.05) is 24.3 Å². The fraction of sp³-hybridized carbons (Fsp3) is 0.400. The number of hydrazine groups is 1. The Morgan fingerprint density at radius 2 is 1.85 bits per heavy atom. The largest absolute Gasteiger partial charge is 0.493 e. The Morgan fingerprint density at radius 3 is 2.67 bits per heavy atom. The van der Waals surface area contributed by atoms with Crippen molar-refractivity contribution in [2.24, 2.45) is 5.92 Å². The number of pyridine rings is 1. The highest BCUT2D eigenvalue weighted by Crippen LogP contribution is 2.39. The van der Waals surface area contributed by atoms with Gasteiger partial charge >= 0.3 is 0 Å². The van der Waals surface area contributed by atoms with E-state index in [0.29, 0.717) is 19.7 Å². The average molecular weight is 365 g/mol. The number of anilines is 1. The molecule has 0 spiro atoms. The van der Waals surface area contributed by atoms with Crippen LogP contribution in [0.25, 0.3) is 0 Å². The normalized spacial score (nSPS) is 26.9. The number of benzene rings is 1. The van der Waals surface area contributed by atoms with Crippen LogP contribution in [0, 0.1) is 5.92 Å². The van der Waals surface area contributed by atoms with Crippen molar-refractivity contribution in [2.45, 2.75) is 12.1 Å². The third kappa shape index (κ3) is 2.93. The first-order valence-corrected chi connectivity index (χ1v) is 9.49. The Labute approximate surface area is 158 Å². The first kappa shape index (κ1) is 16.5. The number of ether oxygens (including phenoxy) is 1. The number of rotatable bonds is 2. The van der Waals surface area contributed by atoms with Crippen LogP contribution in [0.1, 0.15) is 11.6 Å². The van der Waals surface area contributed by atoms with Crippen molar-refractivity contribution in [3.63, 3.8) is 0 Å². The highest BCUT2D eigenvalue weighted by atomic mass is 16.5. The van der Waals surface area contributed by atoms with Gasteiger partial charge in [0.2, 0.25) is 5.91 Å². The zero-order valence-corrected chi connectivity index (χ0v) is 15.0. The van der Waals surface area contributed by atoms with E-state index < -0.39 is 0 Å². The van der Waals surface area contributed by atoms with Crippen molar-refractivity contribution in [3.05, 3.63) is 54.2 Å². The number of nitrogens with zero attached hydrogens (tertiary/aromatic N) is 3. The minimum atomic E-state index is -0.259. The highest BCUT2D eigenvalue weighted by molar-refractivity contribution is 5.83. The molecular formula is C20H23N5O2. The van der Waals surface area contributed by atoms with Crippen LogP contribution in [0.5, 0.6) is 5.75 Å². The number of carbonyl (C=O) groups is 1. The van der Waals surface area contributed by atoms with Gasteiger partial charge in [0, 0.05) is 43.9 Å². The Hall–Kier alpha value is -2.64. The number of hydrogen-bond donors (Lipinski definition) is 2. The molecular weight excluding hydrogens is 342 g/mol. The zero-order chi connectivity index (χ0) is 18.2. The maximum Gasteiger partial charge on any atom is 0.241 e. The number of hydrogen-bond acceptors (Lipinski definition) is 6. The smallest absolute Gasteiger partial charge is 0.241 e. The first-order valence-electron chi connectivity index (χ1n) is 9.49. The summed E-state index contributed by atoms with van der Waals surface area (Å²) in [5.41, 5.74) is 7.68. The summed E-state index contributed by atoms with van der Waals surface area (Å²) in [4.78, 5) is 21.7. The molecule has 3 aliphatic rings. The van der Waals surface area contributed by atoms with Crippen LogP contribution in [0.4, 0.5) is 5.82 Å². The molecule has 2 saturated heterocycles. The summed E-state index contributed by atoms with van der Waals surface area (Å²) in [6, 6.07) is 13.8. The first-order chi connectivity index (χ1) is 13.3. The molecule has 0 aliphatic carbocycles. The van der Waals surface area contributed by atoms with Crippen LogP contribution in [-0.2, 0) is 4.79 Å². The molecule has 7 nitrogen and oxygen atoms in total. The fourth-order valence-corrected chi connectivity index (χ4v) is 4.28. The van der Waals surface area contributed by atoms with Crippen LogP contribution < -0.4 is 20.5 Å². The van der Waals surface area contributed by atoms with Gasteiger partial charge in [-0.2, -0.15) is 0 Å². The molecule has 1 aromatic carbocycles. The van der Waals surface area contributed by atoms with Crippen molar-refractivity contribution in [1.82, 2.24) is 20.7 Å². The minimum absolute atomic E-state index is 0.0984. The Bertz CT molecular complexity index is 822. The fourth-order valence-electron chi connectivity index (χ4n) is 4.28. The van der Waals surface area contributed by atoms with Crippen LogP contribution in [0.3, 0.4) is 0 Å². The molecule has 5 rings (SSSR count). The summed E-state index contributed by atoms with van der Waals surface area (Å²) in [5.74, 6) is 2.13. The average Bonchev–Trinajstić information content (AvgIpc) is 3.19. The number of aromatic nitrogens is 1.